The molecule has 0 radical (unpaired) electrons. The van der Waals surface area contributed by atoms with Crippen molar-refractivity contribution in [3.63, 3.8) is 0 Å². The summed E-state index contributed by atoms with van der Waals surface area (Å²) in [5.74, 6) is 0. The maximum Gasteiger partial charge on any atom is 0.308 e. The first-order valence-corrected chi connectivity index (χ1v) is 12.2. The highest BCUT2D eigenvalue weighted by molar-refractivity contribution is 7.92. The van der Waals surface area contributed by atoms with Crippen molar-refractivity contribution in [2.45, 2.75) is 29.7 Å². The number of hydrogen-bond donors (Lipinski definition) is 1. The number of rotatable bonds is 5. The van der Waals surface area contributed by atoms with Crippen LogP contribution >= 0.6 is 11.3 Å². The molecule has 0 aliphatic carbocycles. The van der Waals surface area contributed by atoms with E-state index in [0.717, 1.165) is 23.1 Å². The third kappa shape index (κ3) is 3.92. The van der Waals surface area contributed by atoms with Crippen LogP contribution in [-0.2, 0) is 19.9 Å². The van der Waals surface area contributed by atoms with Gasteiger partial charge in [-0.15, -0.1) is 0 Å². The van der Waals surface area contributed by atoms with Crippen LogP contribution in [0.2, 0.25) is 0 Å². The zero-order valence-corrected chi connectivity index (χ0v) is 17.3. The summed E-state index contributed by atoms with van der Waals surface area (Å²) in [6.45, 7) is 3.81. The van der Waals surface area contributed by atoms with Gasteiger partial charge >= 0.3 is 4.87 Å². The molecule has 3 aromatic rings. The number of aromatic nitrogens is 1. The Morgan fingerprint density at radius 1 is 0.963 bits per heavy atom. The van der Waals surface area contributed by atoms with Gasteiger partial charge in [-0.2, -0.15) is 0 Å². The first kappa shape index (κ1) is 19.6. The molecular weight excluding hydrogens is 408 g/mol. The monoisotopic (exact) mass is 426 g/mol. The van der Waals surface area contributed by atoms with Crippen molar-refractivity contribution in [2.75, 3.05) is 11.0 Å². The summed E-state index contributed by atoms with van der Waals surface area (Å²) < 4.78 is 52.9. The zero-order valence-electron chi connectivity index (χ0n) is 14.8. The van der Waals surface area contributed by atoms with Crippen molar-refractivity contribution in [2.24, 2.45) is 0 Å². The van der Waals surface area contributed by atoms with Gasteiger partial charge in [-0.1, -0.05) is 11.3 Å². The molecule has 2 aromatic carbocycles. The average molecular weight is 427 g/mol. The summed E-state index contributed by atoms with van der Waals surface area (Å²) in [5.41, 5.74) is 1.08. The first-order chi connectivity index (χ1) is 12.5. The van der Waals surface area contributed by atoms with Crippen LogP contribution in [0.1, 0.15) is 19.9 Å². The van der Waals surface area contributed by atoms with E-state index in [1.54, 1.807) is 22.8 Å². The number of sulfone groups is 1. The maximum absolute atomic E-state index is 12.6. The highest BCUT2D eigenvalue weighted by Gasteiger charge is 2.17. The van der Waals surface area contributed by atoms with E-state index in [-0.39, 0.29) is 20.7 Å². The van der Waals surface area contributed by atoms with Crippen LogP contribution in [0.3, 0.4) is 0 Å². The number of anilines is 1. The SMILES string of the molecule is CC(C)n1c(=O)sc2cc(NS(=O)(=O)c3ccc(S(C)(=O)=O)cc3)ccc21. The molecular formula is C17H18N2O5S3. The Kier molecular flexibility index (Phi) is 4.91. The van der Waals surface area contributed by atoms with Crippen molar-refractivity contribution >= 4 is 47.1 Å². The molecule has 7 nitrogen and oxygen atoms in total. The molecule has 144 valence electrons. The second-order valence-electron chi connectivity index (χ2n) is 6.36. The lowest BCUT2D eigenvalue weighted by atomic mass is 10.3. The van der Waals surface area contributed by atoms with Crippen molar-refractivity contribution < 1.29 is 16.8 Å². The Balaban J connectivity index is 1.95. The number of sulfonamides is 1. The summed E-state index contributed by atoms with van der Waals surface area (Å²) in [6.07, 6.45) is 1.05. The highest BCUT2D eigenvalue weighted by Crippen LogP contribution is 2.26. The average Bonchev–Trinajstić information content (AvgIpc) is 2.89. The van der Waals surface area contributed by atoms with E-state index in [2.05, 4.69) is 4.72 Å². The number of nitrogens with zero attached hydrogens (tertiary/aromatic N) is 1. The van der Waals surface area contributed by atoms with Crippen molar-refractivity contribution in [3.05, 3.63) is 52.1 Å². The molecule has 0 aliphatic rings. The van der Waals surface area contributed by atoms with Crippen LogP contribution in [0.25, 0.3) is 10.2 Å². The van der Waals surface area contributed by atoms with E-state index in [9.17, 15) is 21.6 Å². The topological polar surface area (TPSA) is 102 Å². The lowest BCUT2D eigenvalue weighted by Gasteiger charge is -2.10. The molecule has 0 bridgehead atoms. The van der Waals surface area contributed by atoms with Crippen LogP contribution in [0.4, 0.5) is 5.69 Å². The largest absolute Gasteiger partial charge is 0.308 e. The van der Waals surface area contributed by atoms with Crippen LogP contribution in [0, 0.1) is 0 Å². The summed E-state index contributed by atoms with van der Waals surface area (Å²) in [6, 6.07) is 9.90. The molecule has 1 N–H and O–H groups in total. The third-order valence-electron chi connectivity index (χ3n) is 3.94. The number of nitrogens with one attached hydrogen (secondary N) is 1. The van der Waals surface area contributed by atoms with Gasteiger partial charge in [-0.05, 0) is 56.3 Å². The van der Waals surface area contributed by atoms with Gasteiger partial charge in [-0.3, -0.25) is 14.1 Å². The minimum atomic E-state index is -3.89. The van der Waals surface area contributed by atoms with E-state index in [1.807, 2.05) is 13.8 Å². The Morgan fingerprint density at radius 2 is 1.56 bits per heavy atom. The fourth-order valence-electron chi connectivity index (χ4n) is 2.67. The van der Waals surface area contributed by atoms with E-state index < -0.39 is 19.9 Å². The van der Waals surface area contributed by atoms with Crippen molar-refractivity contribution in [3.8, 4) is 0 Å². The van der Waals surface area contributed by atoms with Gasteiger partial charge < -0.3 is 0 Å². The molecule has 0 unspecified atom stereocenters. The minimum absolute atomic E-state index is 0.00199. The van der Waals surface area contributed by atoms with Gasteiger partial charge in [0.15, 0.2) is 9.84 Å². The van der Waals surface area contributed by atoms with Gasteiger partial charge in [0, 0.05) is 12.3 Å². The number of hydrogen-bond acceptors (Lipinski definition) is 6. The molecule has 0 aliphatic heterocycles. The minimum Gasteiger partial charge on any atom is -0.296 e. The molecule has 1 aromatic heterocycles. The molecule has 0 spiro atoms. The summed E-state index contributed by atoms with van der Waals surface area (Å²) in [5, 5.41) is 0. The van der Waals surface area contributed by atoms with Crippen molar-refractivity contribution in [1.29, 1.82) is 0 Å². The summed E-state index contributed by atoms with van der Waals surface area (Å²) in [7, 11) is -7.29. The Bertz CT molecular complexity index is 1270. The van der Waals surface area contributed by atoms with Gasteiger partial charge in [0.2, 0.25) is 0 Å². The normalized spacial score (nSPS) is 12.6. The summed E-state index contributed by atoms with van der Waals surface area (Å²) in [4.78, 5) is 12.0. The van der Waals surface area contributed by atoms with Crippen LogP contribution in [0.5, 0.6) is 0 Å². The highest BCUT2D eigenvalue weighted by atomic mass is 32.2. The second-order valence-corrected chi connectivity index (χ2v) is 11.1. The van der Waals surface area contributed by atoms with Crippen LogP contribution in [-0.4, -0.2) is 27.7 Å². The van der Waals surface area contributed by atoms with Crippen LogP contribution < -0.4 is 9.60 Å². The van der Waals surface area contributed by atoms with E-state index in [4.69, 9.17) is 0 Å². The van der Waals surface area contributed by atoms with Crippen molar-refractivity contribution in [1.82, 2.24) is 4.57 Å². The molecule has 27 heavy (non-hydrogen) atoms. The van der Waals surface area contributed by atoms with E-state index in [1.165, 1.54) is 24.3 Å². The molecule has 1 heterocycles. The fraction of sp³-hybridized carbons (Fsp3) is 0.235. The predicted octanol–water partition coefficient (Wildman–Crippen LogP) is 2.85. The molecule has 10 heteroatoms. The summed E-state index contributed by atoms with van der Waals surface area (Å²) >= 11 is 1.05. The lowest BCUT2D eigenvalue weighted by Crippen LogP contribution is -2.15. The van der Waals surface area contributed by atoms with Gasteiger partial charge in [0.1, 0.15) is 0 Å². The Morgan fingerprint density at radius 3 is 2.11 bits per heavy atom. The fourth-order valence-corrected chi connectivity index (χ4v) is 5.40. The number of benzene rings is 2. The number of fused-ring (bicyclic) bond motifs is 1. The third-order valence-corrected chi connectivity index (χ3v) is 7.39. The first-order valence-electron chi connectivity index (χ1n) is 7.97. The molecule has 0 amide bonds. The van der Waals surface area contributed by atoms with E-state index >= 15 is 0 Å². The Labute approximate surface area is 161 Å². The van der Waals surface area contributed by atoms with E-state index in [0.29, 0.717) is 10.4 Å². The Hall–Kier alpha value is -2.17. The molecule has 3 rings (SSSR count). The molecule has 0 saturated carbocycles. The zero-order chi connectivity index (χ0) is 20.0. The van der Waals surface area contributed by atoms with Crippen LogP contribution in [0.15, 0.2) is 57.1 Å². The van der Waals surface area contributed by atoms with Gasteiger partial charge in [-0.25, -0.2) is 16.8 Å². The smallest absolute Gasteiger partial charge is 0.296 e. The maximum atomic E-state index is 12.6. The van der Waals surface area contributed by atoms with Gasteiger partial charge in [0.25, 0.3) is 10.0 Å². The molecule has 0 atom stereocenters. The second kappa shape index (κ2) is 6.77. The van der Waals surface area contributed by atoms with Gasteiger partial charge in [0.05, 0.1) is 25.7 Å². The number of thiazole rings is 1. The molecule has 0 fully saturated rings. The molecule has 0 saturated heterocycles. The standard InChI is InChI=1S/C17H18N2O5S3/c1-11(2)19-15-9-4-12(10-16(15)25-17(19)20)18-27(23,24)14-7-5-13(6-8-14)26(3,21)22/h4-11,18H,1-3H3. The quantitative estimate of drug-likeness (QED) is 0.676. The lowest BCUT2D eigenvalue weighted by molar-refractivity contribution is 0.597. The predicted molar refractivity (Wildman–Crippen MR) is 107 cm³/mol.